The number of benzene rings is 3. The van der Waals surface area contributed by atoms with Crippen molar-refractivity contribution in [1.82, 2.24) is 0 Å². The van der Waals surface area contributed by atoms with E-state index in [-0.39, 0.29) is 17.3 Å². The van der Waals surface area contributed by atoms with Gasteiger partial charge in [-0.2, -0.15) is 0 Å². The van der Waals surface area contributed by atoms with Gasteiger partial charge in [-0.3, -0.25) is 0 Å². The Balaban J connectivity index is 1.71. The first kappa shape index (κ1) is 21.2. The molecule has 0 spiro atoms. The van der Waals surface area contributed by atoms with E-state index in [1.54, 1.807) is 36.4 Å². The molecule has 4 rings (SSSR count). The summed E-state index contributed by atoms with van der Waals surface area (Å²) in [4.78, 5) is 29.4. The number of halogens is 2. The molecule has 1 aliphatic rings. The van der Waals surface area contributed by atoms with E-state index in [0.29, 0.717) is 21.2 Å². The molecule has 0 radical (unpaired) electrons. The third kappa shape index (κ3) is 4.84. The zero-order valence-corrected chi connectivity index (χ0v) is 19.4. The van der Waals surface area contributed by atoms with Gasteiger partial charge in [-0.1, -0.05) is 51.8 Å². The van der Waals surface area contributed by atoms with E-state index >= 15 is 0 Å². The van der Waals surface area contributed by atoms with Crippen molar-refractivity contribution >= 4 is 55.8 Å². The molecular formula is C24H15Br2NO4. The molecule has 7 heteroatoms. The maximum atomic E-state index is 12.6. The van der Waals surface area contributed by atoms with Gasteiger partial charge in [-0.15, -0.1) is 0 Å². The molecule has 0 saturated heterocycles. The van der Waals surface area contributed by atoms with Crippen LogP contribution in [0.5, 0.6) is 5.75 Å². The average Bonchev–Trinajstić information content (AvgIpc) is 3.11. The van der Waals surface area contributed by atoms with Gasteiger partial charge in [0.05, 0.1) is 10.0 Å². The molecule has 0 saturated carbocycles. The highest BCUT2D eigenvalue weighted by Gasteiger charge is 2.25. The van der Waals surface area contributed by atoms with Crippen molar-refractivity contribution in [3.05, 3.63) is 104 Å². The van der Waals surface area contributed by atoms with Gasteiger partial charge in [0, 0.05) is 15.6 Å². The van der Waals surface area contributed by atoms with Gasteiger partial charge < -0.3 is 9.47 Å². The van der Waals surface area contributed by atoms with Crippen LogP contribution in [0.3, 0.4) is 0 Å². The monoisotopic (exact) mass is 539 g/mol. The molecule has 154 valence electrons. The van der Waals surface area contributed by atoms with Crippen LogP contribution in [0, 0.1) is 6.92 Å². The van der Waals surface area contributed by atoms with Crippen LogP contribution >= 0.6 is 31.9 Å². The Kier molecular flexibility index (Phi) is 6.15. The predicted octanol–water partition coefficient (Wildman–Crippen LogP) is 6.08. The summed E-state index contributed by atoms with van der Waals surface area (Å²) in [5.41, 5.74) is 2.75. The van der Waals surface area contributed by atoms with Crippen LogP contribution < -0.4 is 4.74 Å². The van der Waals surface area contributed by atoms with Crippen molar-refractivity contribution in [3.63, 3.8) is 0 Å². The molecule has 31 heavy (non-hydrogen) atoms. The molecule has 0 aliphatic carbocycles. The molecule has 5 nitrogen and oxygen atoms in total. The van der Waals surface area contributed by atoms with Gasteiger partial charge in [-0.25, -0.2) is 14.6 Å². The molecule has 0 atom stereocenters. The maximum Gasteiger partial charge on any atom is 0.363 e. The minimum Gasteiger partial charge on any atom is -0.421 e. The first-order chi connectivity index (χ1) is 14.9. The number of aryl methyl sites for hydroxylation is 1. The van der Waals surface area contributed by atoms with Crippen LogP contribution in [0.2, 0.25) is 0 Å². The van der Waals surface area contributed by atoms with E-state index in [1.165, 1.54) is 6.08 Å². The summed E-state index contributed by atoms with van der Waals surface area (Å²) in [6.07, 6.45) is 1.54. The van der Waals surface area contributed by atoms with Gasteiger partial charge in [0.2, 0.25) is 5.90 Å². The third-order valence-electron chi connectivity index (χ3n) is 4.42. The number of aliphatic imine (C=N–C) groups is 1. The minimum absolute atomic E-state index is 0.110. The van der Waals surface area contributed by atoms with Crippen LogP contribution in [-0.4, -0.2) is 17.8 Å². The van der Waals surface area contributed by atoms with E-state index in [4.69, 9.17) is 9.47 Å². The molecule has 1 aliphatic heterocycles. The standard InChI is InChI=1S/C24H15Br2NO4/c1-14-6-5-9-16(10-14)22-27-20(24(29)31-22)12-17-11-18(25)13-19(26)21(17)30-23(28)15-7-3-2-4-8-15/h2-13H,1H3/b20-12-. The van der Waals surface area contributed by atoms with Gasteiger partial charge in [0.15, 0.2) is 11.4 Å². The van der Waals surface area contributed by atoms with Crippen molar-refractivity contribution in [2.45, 2.75) is 6.92 Å². The number of carbonyl (C=O) groups is 2. The Labute approximate surface area is 195 Å². The lowest BCUT2D eigenvalue weighted by Crippen LogP contribution is -2.10. The van der Waals surface area contributed by atoms with E-state index in [9.17, 15) is 9.59 Å². The fraction of sp³-hybridized carbons (Fsp3) is 0.0417. The first-order valence-corrected chi connectivity index (χ1v) is 10.9. The van der Waals surface area contributed by atoms with Gasteiger partial charge in [0.1, 0.15) is 0 Å². The Bertz CT molecular complexity index is 1250. The summed E-state index contributed by atoms with van der Waals surface area (Å²) in [6, 6.07) is 19.7. The number of ether oxygens (including phenoxy) is 2. The Hall–Kier alpha value is -3.03. The third-order valence-corrected chi connectivity index (χ3v) is 5.47. The van der Waals surface area contributed by atoms with Crippen LogP contribution in [0.1, 0.15) is 27.0 Å². The number of hydrogen-bond donors (Lipinski definition) is 0. The SMILES string of the molecule is Cc1cccc(C2=N/C(=C\c3cc(Br)cc(Br)c3OC(=O)c3ccccc3)C(=O)O2)c1. The number of cyclic esters (lactones) is 1. The largest absolute Gasteiger partial charge is 0.421 e. The number of hydrogen-bond acceptors (Lipinski definition) is 5. The molecule has 1 heterocycles. The van der Waals surface area contributed by atoms with E-state index in [2.05, 4.69) is 36.9 Å². The number of esters is 2. The molecule has 0 bridgehead atoms. The summed E-state index contributed by atoms with van der Waals surface area (Å²) in [6.45, 7) is 1.95. The molecule has 3 aromatic carbocycles. The highest BCUT2D eigenvalue weighted by atomic mass is 79.9. The van der Waals surface area contributed by atoms with E-state index < -0.39 is 11.9 Å². The average molecular weight is 541 g/mol. The summed E-state index contributed by atoms with van der Waals surface area (Å²) in [5.74, 6) is -0.581. The lowest BCUT2D eigenvalue weighted by molar-refractivity contribution is -0.129. The van der Waals surface area contributed by atoms with Crippen molar-refractivity contribution < 1.29 is 19.1 Å². The first-order valence-electron chi connectivity index (χ1n) is 9.26. The topological polar surface area (TPSA) is 65.0 Å². The van der Waals surface area contributed by atoms with E-state index in [0.717, 1.165) is 10.0 Å². The summed E-state index contributed by atoms with van der Waals surface area (Å²) in [5, 5.41) is 0. The molecule has 0 N–H and O–H groups in total. The quantitative estimate of drug-likeness (QED) is 0.228. The van der Waals surface area contributed by atoms with Crippen molar-refractivity contribution in [3.8, 4) is 5.75 Å². The van der Waals surface area contributed by atoms with Crippen LogP contribution in [0.4, 0.5) is 0 Å². The summed E-state index contributed by atoms with van der Waals surface area (Å²) < 4.78 is 12.3. The molecule has 0 fully saturated rings. The zero-order chi connectivity index (χ0) is 22.0. The highest BCUT2D eigenvalue weighted by molar-refractivity contribution is 9.11. The lowest BCUT2D eigenvalue weighted by atomic mass is 10.1. The Morgan fingerprint density at radius 3 is 2.55 bits per heavy atom. The second-order valence-corrected chi connectivity index (χ2v) is 8.54. The predicted molar refractivity (Wildman–Crippen MR) is 125 cm³/mol. The smallest absolute Gasteiger partial charge is 0.363 e. The van der Waals surface area contributed by atoms with Gasteiger partial charge >= 0.3 is 11.9 Å². The number of carbonyl (C=O) groups excluding carboxylic acids is 2. The molecule has 0 aromatic heterocycles. The lowest BCUT2D eigenvalue weighted by Gasteiger charge is -2.11. The van der Waals surface area contributed by atoms with Crippen molar-refractivity contribution in [1.29, 1.82) is 0 Å². The summed E-state index contributed by atoms with van der Waals surface area (Å²) in [7, 11) is 0. The number of nitrogens with zero attached hydrogens (tertiary/aromatic N) is 1. The van der Waals surface area contributed by atoms with Gasteiger partial charge in [-0.05, 0) is 65.3 Å². The highest BCUT2D eigenvalue weighted by Crippen LogP contribution is 2.35. The molecule has 0 unspecified atom stereocenters. The fourth-order valence-electron chi connectivity index (χ4n) is 2.98. The second-order valence-electron chi connectivity index (χ2n) is 6.77. The minimum atomic E-state index is -0.576. The Morgan fingerprint density at radius 2 is 1.81 bits per heavy atom. The van der Waals surface area contributed by atoms with Crippen molar-refractivity contribution in [2.75, 3.05) is 0 Å². The summed E-state index contributed by atoms with van der Waals surface area (Å²) >= 11 is 6.86. The van der Waals surface area contributed by atoms with Crippen LogP contribution in [0.15, 0.2) is 86.4 Å². The fourth-order valence-corrected chi connectivity index (χ4v) is 4.32. The van der Waals surface area contributed by atoms with Crippen molar-refractivity contribution in [2.24, 2.45) is 4.99 Å². The maximum absolute atomic E-state index is 12.6. The molecule has 3 aromatic rings. The Morgan fingerprint density at radius 1 is 1.03 bits per heavy atom. The second kappa shape index (κ2) is 8.99. The van der Waals surface area contributed by atoms with Gasteiger partial charge in [0.25, 0.3) is 0 Å². The number of rotatable bonds is 4. The van der Waals surface area contributed by atoms with Crippen LogP contribution in [0.25, 0.3) is 6.08 Å². The molecule has 0 amide bonds. The zero-order valence-electron chi connectivity index (χ0n) is 16.3. The van der Waals surface area contributed by atoms with E-state index in [1.807, 2.05) is 37.3 Å². The normalized spacial score (nSPS) is 14.4. The molecular weight excluding hydrogens is 526 g/mol. The van der Waals surface area contributed by atoms with Crippen LogP contribution in [-0.2, 0) is 9.53 Å².